The fourth-order valence-corrected chi connectivity index (χ4v) is 3.64. The molecular formula is C25H29BrFNO5. The van der Waals surface area contributed by atoms with E-state index in [4.69, 9.17) is 9.47 Å². The minimum Gasteiger partial charge on any atom is -0.459 e. The van der Waals surface area contributed by atoms with Gasteiger partial charge in [0.15, 0.2) is 10.6 Å². The van der Waals surface area contributed by atoms with Crippen LogP contribution in [0.2, 0.25) is 0 Å². The Kier molecular flexibility index (Phi) is 9.58. The zero-order valence-corrected chi connectivity index (χ0v) is 20.7. The molecule has 0 aliphatic rings. The smallest absolute Gasteiger partial charge is 0.408 e. The van der Waals surface area contributed by atoms with Gasteiger partial charge < -0.3 is 14.8 Å². The number of hydrogen-bond donors (Lipinski definition) is 1. The molecule has 2 rings (SSSR count). The fourth-order valence-electron chi connectivity index (χ4n) is 3.26. The largest absolute Gasteiger partial charge is 0.459 e. The van der Waals surface area contributed by atoms with Crippen molar-refractivity contribution in [2.75, 3.05) is 0 Å². The summed E-state index contributed by atoms with van der Waals surface area (Å²) in [7, 11) is 0. The second-order valence-corrected chi connectivity index (χ2v) is 9.46. The molecule has 0 aliphatic heterocycles. The lowest BCUT2D eigenvalue weighted by atomic mass is 9.86. The van der Waals surface area contributed by atoms with E-state index in [1.807, 2.05) is 25.1 Å². The monoisotopic (exact) mass is 521 g/mol. The number of ketones is 1. The first-order chi connectivity index (χ1) is 15.5. The summed E-state index contributed by atoms with van der Waals surface area (Å²) < 4.78 is 24.1. The van der Waals surface area contributed by atoms with Crippen LogP contribution in [0.5, 0.6) is 0 Å². The summed E-state index contributed by atoms with van der Waals surface area (Å²) in [6.45, 7) is 6.93. The molecule has 8 heteroatoms. The van der Waals surface area contributed by atoms with E-state index in [9.17, 15) is 18.8 Å². The van der Waals surface area contributed by atoms with Gasteiger partial charge >= 0.3 is 12.1 Å². The van der Waals surface area contributed by atoms with Gasteiger partial charge in [-0.05, 0) is 50.5 Å². The number of carbonyl (C=O) groups is 3. The predicted molar refractivity (Wildman–Crippen MR) is 127 cm³/mol. The molecule has 178 valence electrons. The highest BCUT2D eigenvalue weighted by atomic mass is 79.9. The van der Waals surface area contributed by atoms with Gasteiger partial charge in [-0.15, -0.1) is 0 Å². The van der Waals surface area contributed by atoms with Gasteiger partial charge in [-0.3, -0.25) is 9.59 Å². The van der Waals surface area contributed by atoms with Crippen LogP contribution in [0.4, 0.5) is 9.18 Å². The highest BCUT2D eigenvalue weighted by Gasteiger charge is 2.38. The van der Waals surface area contributed by atoms with E-state index >= 15 is 0 Å². The number of alkyl halides is 1. The molecule has 2 aromatic carbocycles. The topological polar surface area (TPSA) is 81.7 Å². The molecule has 0 bridgehead atoms. The maximum absolute atomic E-state index is 13.5. The Morgan fingerprint density at radius 3 is 2.18 bits per heavy atom. The molecule has 2 aromatic rings. The lowest BCUT2D eigenvalue weighted by molar-refractivity contribution is -0.155. The summed E-state index contributed by atoms with van der Waals surface area (Å²) >= 11 is 3.13. The number of halogens is 2. The lowest BCUT2D eigenvalue weighted by Crippen LogP contribution is -2.50. The van der Waals surface area contributed by atoms with Gasteiger partial charge in [0.25, 0.3) is 0 Å². The number of esters is 1. The summed E-state index contributed by atoms with van der Waals surface area (Å²) in [5, 5.41) is 2.61. The first-order valence-electron chi connectivity index (χ1n) is 10.6. The number of hydrogen-bond acceptors (Lipinski definition) is 5. The SMILES string of the molecule is CC[C@@H](c1ccc(F)cc1)[C@H](NC(=O)OCc1ccccc1)C(=O)C(Br)C(=O)OC(C)(C)C. The van der Waals surface area contributed by atoms with Crippen molar-refractivity contribution in [1.29, 1.82) is 0 Å². The third-order valence-corrected chi connectivity index (χ3v) is 5.62. The average molecular weight is 522 g/mol. The molecule has 3 atom stereocenters. The Labute approximate surface area is 202 Å². The molecule has 1 N–H and O–H groups in total. The minimum atomic E-state index is -1.30. The van der Waals surface area contributed by atoms with Crippen molar-refractivity contribution in [2.45, 2.75) is 63.1 Å². The molecule has 0 spiro atoms. The molecule has 0 heterocycles. The highest BCUT2D eigenvalue weighted by molar-refractivity contribution is 9.10. The molecular weight excluding hydrogens is 493 g/mol. The van der Waals surface area contributed by atoms with Crippen molar-refractivity contribution < 1.29 is 28.2 Å². The van der Waals surface area contributed by atoms with Crippen molar-refractivity contribution in [3.8, 4) is 0 Å². The molecule has 0 saturated carbocycles. The molecule has 1 unspecified atom stereocenters. The molecule has 6 nitrogen and oxygen atoms in total. The highest BCUT2D eigenvalue weighted by Crippen LogP contribution is 2.27. The first kappa shape index (κ1) is 26.5. The molecule has 0 fully saturated rings. The van der Waals surface area contributed by atoms with E-state index in [-0.39, 0.29) is 6.61 Å². The Morgan fingerprint density at radius 1 is 1.03 bits per heavy atom. The number of Topliss-reactive ketones (excluding diaryl/α,β-unsaturated/α-hetero) is 1. The van der Waals surface area contributed by atoms with Gasteiger partial charge in [0.2, 0.25) is 0 Å². The Balaban J connectivity index is 2.25. The summed E-state index contributed by atoms with van der Waals surface area (Å²) in [5.41, 5.74) is 0.639. The zero-order chi connectivity index (χ0) is 24.6. The Bertz CT molecular complexity index is 944. The maximum atomic E-state index is 13.5. The van der Waals surface area contributed by atoms with Crippen LogP contribution in [0.3, 0.4) is 0 Å². The number of ether oxygens (including phenoxy) is 2. The summed E-state index contributed by atoms with van der Waals surface area (Å²) in [6, 6.07) is 13.7. The van der Waals surface area contributed by atoms with Crippen molar-refractivity contribution in [1.82, 2.24) is 5.32 Å². The average Bonchev–Trinajstić information content (AvgIpc) is 2.77. The van der Waals surface area contributed by atoms with Crippen LogP contribution in [-0.4, -0.2) is 34.3 Å². The normalized spacial score (nSPS) is 14.0. The van der Waals surface area contributed by atoms with Crippen molar-refractivity contribution in [3.63, 3.8) is 0 Å². The van der Waals surface area contributed by atoms with E-state index in [0.29, 0.717) is 12.0 Å². The van der Waals surface area contributed by atoms with Crippen LogP contribution in [0.1, 0.15) is 51.2 Å². The molecule has 33 heavy (non-hydrogen) atoms. The van der Waals surface area contributed by atoms with E-state index in [0.717, 1.165) is 5.56 Å². The summed E-state index contributed by atoms with van der Waals surface area (Å²) in [6.07, 6.45) is -0.364. The molecule has 1 amide bonds. The van der Waals surface area contributed by atoms with Crippen LogP contribution < -0.4 is 5.32 Å². The number of rotatable bonds is 9. The molecule has 0 saturated heterocycles. The Hall–Kier alpha value is -2.74. The van der Waals surface area contributed by atoms with Crippen molar-refractivity contribution in [3.05, 3.63) is 71.5 Å². The third-order valence-electron chi connectivity index (χ3n) is 4.80. The second-order valence-electron chi connectivity index (χ2n) is 8.55. The molecule has 0 aromatic heterocycles. The van der Waals surface area contributed by atoms with Crippen LogP contribution in [0.15, 0.2) is 54.6 Å². The predicted octanol–water partition coefficient (Wildman–Crippen LogP) is 5.29. The van der Waals surface area contributed by atoms with E-state index < -0.39 is 46.1 Å². The van der Waals surface area contributed by atoms with Gasteiger partial charge in [-0.1, -0.05) is 65.3 Å². The maximum Gasteiger partial charge on any atom is 0.408 e. The van der Waals surface area contributed by atoms with Crippen molar-refractivity contribution in [2.24, 2.45) is 0 Å². The first-order valence-corrected chi connectivity index (χ1v) is 11.6. The van der Waals surface area contributed by atoms with Gasteiger partial charge in [0, 0.05) is 5.92 Å². The van der Waals surface area contributed by atoms with Crippen molar-refractivity contribution >= 4 is 33.8 Å². The van der Waals surface area contributed by atoms with Crippen LogP contribution >= 0.6 is 15.9 Å². The third kappa shape index (κ3) is 8.28. The van der Waals surface area contributed by atoms with Gasteiger partial charge in [0.05, 0.1) is 6.04 Å². The van der Waals surface area contributed by atoms with E-state index in [1.54, 1.807) is 45.0 Å². The van der Waals surface area contributed by atoms with Gasteiger partial charge in [-0.2, -0.15) is 0 Å². The van der Waals surface area contributed by atoms with Crippen LogP contribution in [0, 0.1) is 5.82 Å². The zero-order valence-electron chi connectivity index (χ0n) is 19.1. The van der Waals surface area contributed by atoms with E-state index in [1.165, 1.54) is 12.1 Å². The van der Waals surface area contributed by atoms with Crippen LogP contribution in [0.25, 0.3) is 0 Å². The Morgan fingerprint density at radius 2 is 1.64 bits per heavy atom. The molecule has 0 radical (unpaired) electrons. The number of carbonyl (C=O) groups excluding carboxylic acids is 3. The number of benzene rings is 2. The van der Waals surface area contributed by atoms with Gasteiger partial charge in [0.1, 0.15) is 18.0 Å². The van der Waals surface area contributed by atoms with Crippen LogP contribution in [-0.2, 0) is 25.7 Å². The van der Waals surface area contributed by atoms with Gasteiger partial charge in [-0.25, -0.2) is 9.18 Å². The molecule has 0 aliphatic carbocycles. The minimum absolute atomic E-state index is 0.0186. The standard InChI is InChI=1S/C25H29BrFNO5/c1-5-19(17-11-13-18(27)14-12-17)21(22(29)20(26)23(30)33-25(2,3)4)28-24(31)32-15-16-9-7-6-8-10-16/h6-14,19-21H,5,15H2,1-4H3,(H,28,31)/t19-,20?,21-/m0/s1. The number of nitrogens with one attached hydrogen (secondary N) is 1. The number of amides is 1. The summed E-state index contributed by atoms with van der Waals surface area (Å²) in [5.74, 6) is -2.29. The number of alkyl carbamates (subject to hydrolysis) is 1. The fraction of sp³-hybridized carbons (Fsp3) is 0.400. The lowest BCUT2D eigenvalue weighted by Gasteiger charge is -2.28. The second kappa shape index (κ2) is 11.9. The van der Waals surface area contributed by atoms with E-state index in [2.05, 4.69) is 21.2 Å². The summed E-state index contributed by atoms with van der Waals surface area (Å²) in [4.78, 5) is 37.1. The quantitative estimate of drug-likeness (QED) is 0.275.